The Morgan fingerprint density at radius 1 is 1.20 bits per heavy atom. The Bertz CT molecular complexity index is 658. The lowest BCUT2D eigenvalue weighted by molar-refractivity contribution is -0.131. The number of amides is 1. The van der Waals surface area contributed by atoms with E-state index in [2.05, 4.69) is 10.3 Å². The lowest BCUT2D eigenvalue weighted by Crippen LogP contribution is -2.15. The van der Waals surface area contributed by atoms with Crippen LogP contribution in [-0.4, -0.2) is 16.9 Å². The van der Waals surface area contributed by atoms with E-state index in [0.717, 1.165) is 0 Å². The molecule has 20 heavy (non-hydrogen) atoms. The first-order valence-corrected chi connectivity index (χ1v) is 6.15. The smallest absolute Gasteiger partial charge is 0.308 e. The number of aromatic nitrogens is 1. The van der Waals surface area contributed by atoms with Gasteiger partial charge in [0.15, 0.2) is 5.82 Å². The highest BCUT2D eigenvalue weighted by Gasteiger charge is 2.15. The molecule has 0 aliphatic rings. The molecule has 1 N–H and O–H groups in total. The van der Waals surface area contributed by atoms with Gasteiger partial charge < -0.3 is 10.1 Å². The van der Waals surface area contributed by atoms with E-state index in [1.165, 1.54) is 19.2 Å². The average Bonchev–Trinajstić information content (AvgIpc) is 2.41. The summed E-state index contributed by atoms with van der Waals surface area (Å²) in [6.07, 6.45) is 1.51. The van der Waals surface area contributed by atoms with E-state index in [9.17, 15) is 9.59 Å². The lowest BCUT2D eigenvalue weighted by Gasteiger charge is -2.09. The van der Waals surface area contributed by atoms with Crippen LogP contribution < -0.4 is 10.1 Å². The van der Waals surface area contributed by atoms with Gasteiger partial charge in [-0.25, -0.2) is 4.98 Å². The molecule has 6 heteroatoms. The molecule has 102 valence electrons. The molecule has 1 aromatic heterocycles. The molecule has 0 aliphatic heterocycles. The van der Waals surface area contributed by atoms with E-state index in [-0.39, 0.29) is 17.1 Å². The number of pyridine rings is 1. The van der Waals surface area contributed by atoms with Crippen molar-refractivity contribution in [1.82, 2.24) is 4.98 Å². The van der Waals surface area contributed by atoms with Gasteiger partial charge in [-0.1, -0.05) is 23.7 Å². The van der Waals surface area contributed by atoms with Crippen molar-refractivity contribution in [3.8, 4) is 5.75 Å². The zero-order valence-electron chi connectivity index (χ0n) is 10.6. The van der Waals surface area contributed by atoms with Crippen molar-refractivity contribution in [2.75, 3.05) is 5.32 Å². The summed E-state index contributed by atoms with van der Waals surface area (Å²) in [5.74, 6) is -0.523. The van der Waals surface area contributed by atoms with Gasteiger partial charge in [-0.3, -0.25) is 9.59 Å². The third-order valence-electron chi connectivity index (χ3n) is 2.38. The molecule has 0 spiro atoms. The predicted molar refractivity (Wildman–Crippen MR) is 75.0 cm³/mol. The van der Waals surface area contributed by atoms with Gasteiger partial charge in [0, 0.05) is 13.1 Å². The number of esters is 1. The highest BCUT2D eigenvalue weighted by Crippen LogP contribution is 2.22. The first-order chi connectivity index (χ1) is 9.58. The number of carbonyl (C=O) groups excluding carboxylic acids is 2. The zero-order chi connectivity index (χ0) is 14.5. The SMILES string of the molecule is CC(=O)Oc1ccccc1C(=O)Nc1ncccc1Cl. The Labute approximate surface area is 120 Å². The summed E-state index contributed by atoms with van der Waals surface area (Å²) in [6, 6.07) is 9.69. The Morgan fingerprint density at radius 3 is 2.65 bits per heavy atom. The summed E-state index contributed by atoms with van der Waals surface area (Å²) < 4.78 is 4.98. The van der Waals surface area contributed by atoms with Crippen LogP contribution in [0, 0.1) is 0 Å². The minimum atomic E-state index is -0.499. The maximum atomic E-state index is 12.2. The summed E-state index contributed by atoms with van der Waals surface area (Å²) in [6.45, 7) is 1.27. The van der Waals surface area contributed by atoms with Crippen LogP contribution in [0.15, 0.2) is 42.6 Å². The average molecular weight is 291 g/mol. The molecule has 1 amide bonds. The normalized spacial score (nSPS) is 9.90. The maximum Gasteiger partial charge on any atom is 0.308 e. The fraction of sp³-hybridized carbons (Fsp3) is 0.0714. The summed E-state index contributed by atoms with van der Waals surface area (Å²) >= 11 is 5.92. The van der Waals surface area contributed by atoms with E-state index < -0.39 is 11.9 Å². The van der Waals surface area contributed by atoms with Crippen molar-refractivity contribution in [3.05, 3.63) is 53.2 Å². The topological polar surface area (TPSA) is 68.3 Å². The molecule has 0 aliphatic carbocycles. The van der Waals surface area contributed by atoms with Crippen molar-refractivity contribution >= 4 is 29.3 Å². The summed E-state index contributed by atoms with van der Waals surface area (Å²) in [4.78, 5) is 27.1. The molecule has 0 unspecified atom stereocenters. The monoisotopic (exact) mass is 290 g/mol. The Morgan fingerprint density at radius 2 is 1.95 bits per heavy atom. The molecule has 2 rings (SSSR count). The second-order valence-electron chi connectivity index (χ2n) is 3.88. The van der Waals surface area contributed by atoms with Gasteiger partial charge in [-0.05, 0) is 24.3 Å². The third-order valence-corrected chi connectivity index (χ3v) is 2.68. The van der Waals surface area contributed by atoms with Crippen molar-refractivity contribution in [2.24, 2.45) is 0 Å². The number of hydrogen-bond acceptors (Lipinski definition) is 4. The number of halogens is 1. The van der Waals surface area contributed by atoms with Crippen LogP contribution in [0.2, 0.25) is 5.02 Å². The number of nitrogens with zero attached hydrogens (tertiary/aromatic N) is 1. The first kappa shape index (κ1) is 14.0. The molecule has 2 aromatic rings. The van der Waals surface area contributed by atoms with Gasteiger partial charge in [-0.15, -0.1) is 0 Å². The highest BCUT2D eigenvalue weighted by atomic mass is 35.5. The third kappa shape index (κ3) is 3.33. The molecule has 1 heterocycles. The molecular weight excluding hydrogens is 280 g/mol. The van der Waals surface area contributed by atoms with E-state index in [1.54, 1.807) is 30.3 Å². The standard InChI is InChI=1S/C14H11ClN2O3/c1-9(18)20-12-7-3-2-5-10(12)14(19)17-13-11(15)6-4-8-16-13/h2-8H,1H3,(H,16,17,19). The Kier molecular flexibility index (Phi) is 4.32. The van der Waals surface area contributed by atoms with Crippen LogP contribution in [-0.2, 0) is 4.79 Å². The van der Waals surface area contributed by atoms with Crippen LogP contribution >= 0.6 is 11.6 Å². The van der Waals surface area contributed by atoms with E-state index in [4.69, 9.17) is 16.3 Å². The molecule has 0 saturated heterocycles. The fourth-order valence-electron chi connectivity index (χ4n) is 1.55. The van der Waals surface area contributed by atoms with Crippen molar-refractivity contribution in [1.29, 1.82) is 0 Å². The van der Waals surface area contributed by atoms with E-state index in [0.29, 0.717) is 5.02 Å². The van der Waals surface area contributed by atoms with Crippen molar-refractivity contribution in [3.63, 3.8) is 0 Å². The molecule has 0 radical (unpaired) electrons. The number of nitrogens with one attached hydrogen (secondary N) is 1. The maximum absolute atomic E-state index is 12.2. The highest BCUT2D eigenvalue weighted by molar-refractivity contribution is 6.33. The fourth-order valence-corrected chi connectivity index (χ4v) is 1.72. The molecule has 5 nitrogen and oxygen atoms in total. The van der Waals surface area contributed by atoms with Gasteiger partial charge in [0.2, 0.25) is 0 Å². The molecule has 0 atom stereocenters. The summed E-state index contributed by atoms with van der Waals surface area (Å²) in [7, 11) is 0. The first-order valence-electron chi connectivity index (χ1n) is 5.77. The van der Waals surface area contributed by atoms with Crippen LogP contribution in [0.25, 0.3) is 0 Å². The quantitative estimate of drug-likeness (QED) is 0.697. The van der Waals surface area contributed by atoms with Gasteiger partial charge in [0.1, 0.15) is 5.75 Å². The molecule has 0 bridgehead atoms. The molecule has 0 fully saturated rings. The van der Waals surface area contributed by atoms with Crippen molar-refractivity contribution in [2.45, 2.75) is 6.92 Å². The van der Waals surface area contributed by atoms with Crippen molar-refractivity contribution < 1.29 is 14.3 Å². The second-order valence-corrected chi connectivity index (χ2v) is 4.28. The van der Waals surface area contributed by atoms with Crippen LogP contribution in [0.4, 0.5) is 5.82 Å². The van der Waals surface area contributed by atoms with Gasteiger partial charge in [0.05, 0.1) is 10.6 Å². The summed E-state index contributed by atoms with van der Waals surface area (Å²) in [5.41, 5.74) is 0.226. The number of benzene rings is 1. The summed E-state index contributed by atoms with van der Waals surface area (Å²) in [5, 5.41) is 2.89. The number of hydrogen-bond donors (Lipinski definition) is 1. The number of rotatable bonds is 3. The van der Waals surface area contributed by atoms with Crippen LogP contribution in [0.5, 0.6) is 5.75 Å². The molecule has 1 aromatic carbocycles. The number of anilines is 1. The van der Waals surface area contributed by atoms with Crippen LogP contribution in [0.1, 0.15) is 17.3 Å². The zero-order valence-corrected chi connectivity index (χ0v) is 11.3. The second kappa shape index (κ2) is 6.16. The number of para-hydroxylation sites is 1. The molecule has 0 saturated carbocycles. The van der Waals surface area contributed by atoms with E-state index >= 15 is 0 Å². The largest absolute Gasteiger partial charge is 0.426 e. The Balaban J connectivity index is 2.26. The van der Waals surface area contributed by atoms with Gasteiger partial charge >= 0.3 is 5.97 Å². The molecular formula is C14H11ClN2O3. The minimum Gasteiger partial charge on any atom is -0.426 e. The van der Waals surface area contributed by atoms with Crippen LogP contribution in [0.3, 0.4) is 0 Å². The minimum absolute atomic E-state index is 0.185. The number of ether oxygens (including phenoxy) is 1. The van der Waals surface area contributed by atoms with Gasteiger partial charge in [0.25, 0.3) is 5.91 Å². The Hall–Kier alpha value is -2.40. The lowest BCUT2D eigenvalue weighted by atomic mass is 10.2. The van der Waals surface area contributed by atoms with Gasteiger partial charge in [-0.2, -0.15) is 0 Å². The van der Waals surface area contributed by atoms with E-state index in [1.807, 2.05) is 0 Å². The predicted octanol–water partition coefficient (Wildman–Crippen LogP) is 2.91. The number of carbonyl (C=O) groups is 2.